The predicted octanol–water partition coefficient (Wildman–Crippen LogP) is 4.13. The van der Waals surface area contributed by atoms with Crippen LogP contribution >= 0.6 is 11.6 Å². The zero-order valence-corrected chi connectivity index (χ0v) is 14.9. The van der Waals surface area contributed by atoms with Crippen molar-refractivity contribution in [3.63, 3.8) is 0 Å². The summed E-state index contributed by atoms with van der Waals surface area (Å²) in [6.07, 6.45) is 1.64. The third-order valence-electron chi connectivity index (χ3n) is 3.50. The Bertz CT molecular complexity index is 923. The standard InChI is InChI=1S/C18H16ClFN6/c1-11-6-8-12(9-7-11)10-22-26-18-24-16(23-17(21-2)25-18)15-13(19)4-3-5-14(15)20/h3-10H,1-2H3,(H2,21,23,24,25,26)/b22-10+. The maximum atomic E-state index is 14.2. The fourth-order valence-electron chi connectivity index (χ4n) is 2.18. The van der Waals surface area contributed by atoms with E-state index in [1.807, 2.05) is 31.2 Å². The number of nitrogens with one attached hydrogen (secondary N) is 2. The number of anilines is 2. The molecule has 3 rings (SSSR count). The Kier molecular flexibility index (Phi) is 5.38. The Labute approximate surface area is 155 Å². The molecule has 0 saturated heterocycles. The topological polar surface area (TPSA) is 75.1 Å². The first kappa shape index (κ1) is 17.8. The molecule has 2 aromatic carbocycles. The van der Waals surface area contributed by atoms with Gasteiger partial charge in [-0.2, -0.15) is 20.1 Å². The van der Waals surface area contributed by atoms with Crippen molar-refractivity contribution in [1.29, 1.82) is 0 Å². The van der Waals surface area contributed by atoms with Crippen LogP contribution < -0.4 is 10.7 Å². The van der Waals surface area contributed by atoms with Crippen molar-refractivity contribution in [3.05, 3.63) is 64.4 Å². The number of benzene rings is 2. The first-order valence-corrected chi connectivity index (χ1v) is 8.18. The Hall–Kier alpha value is -3.06. The highest BCUT2D eigenvalue weighted by Crippen LogP contribution is 2.28. The van der Waals surface area contributed by atoms with Gasteiger partial charge in [0.1, 0.15) is 5.82 Å². The van der Waals surface area contributed by atoms with Gasteiger partial charge in [-0.25, -0.2) is 9.82 Å². The van der Waals surface area contributed by atoms with Gasteiger partial charge in [-0.05, 0) is 24.6 Å². The molecule has 0 radical (unpaired) electrons. The zero-order valence-electron chi connectivity index (χ0n) is 14.2. The van der Waals surface area contributed by atoms with E-state index < -0.39 is 5.82 Å². The van der Waals surface area contributed by atoms with Gasteiger partial charge in [-0.3, -0.25) is 0 Å². The first-order valence-electron chi connectivity index (χ1n) is 7.81. The van der Waals surface area contributed by atoms with E-state index in [0.717, 1.165) is 11.1 Å². The molecule has 0 amide bonds. The van der Waals surface area contributed by atoms with Crippen LogP contribution in [0.2, 0.25) is 5.02 Å². The molecule has 0 aliphatic heterocycles. The molecule has 8 heteroatoms. The van der Waals surface area contributed by atoms with Crippen LogP contribution in [-0.2, 0) is 0 Å². The van der Waals surface area contributed by atoms with Gasteiger partial charge < -0.3 is 5.32 Å². The van der Waals surface area contributed by atoms with E-state index >= 15 is 0 Å². The second kappa shape index (κ2) is 7.88. The summed E-state index contributed by atoms with van der Waals surface area (Å²) in [4.78, 5) is 12.5. The molecule has 0 unspecified atom stereocenters. The zero-order chi connectivity index (χ0) is 18.5. The molecule has 0 aliphatic carbocycles. The van der Waals surface area contributed by atoms with Crippen molar-refractivity contribution in [2.24, 2.45) is 5.10 Å². The lowest BCUT2D eigenvalue weighted by Gasteiger charge is -2.08. The molecule has 1 aromatic heterocycles. The highest BCUT2D eigenvalue weighted by molar-refractivity contribution is 6.33. The minimum atomic E-state index is -0.514. The first-order chi connectivity index (χ1) is 12.6. The second-order valence-electron chi connectivity index (χ2n) is 5.43. The van der Waals surface area contributed by atoms with E-state index in [0.29, 0.717) is 0 Å². The summed E-state index contributed by atoms with van der Waals surface area (Å²) in [5.74, 6) is 0.0322. The number of rotatable bonds is 5. The summed E-state index contributed by atoms with van der Waals surface area (Å²) < 4.78 is 14.2. The summed E-state index contributed by atoms with van der Waals surface area (Å²) in [6.45, 7) is 2.01. The third-order valence-corrected chi connectivity index (χ3v) is 3.82. The molecule has 0 spiro atoms. The van der Waals surface area contributed by atoms with Crippen LogP contribution in [0.25, 0.3) is 11.4 Å². The highest BCUT2D eigenvalue weighted by Gasteiger charge is 2.15. The van der Waals surface area contributed by atoms with Crippen LogP contribution in [0, 0.1) is 12.7 Å². The lowest BCUT2D eigenvalue weighted by atomic mass is 10.2. The van der Waals surface area contributed by atoms with Gasteiger partial charge in [0.2, 0.25) is 11.9 Å². The lowest BCUT2D eigenvalue weighted by molar-refractivity contribution is 0.630. The van der Waals surface area contributed by atoms with E-state index in [4.69, 9.17) is 11.6 Å². The molecule has 0 bridgehead atoms. The average molecular weight is 371 g/mol. The molecular weight excluding hydrogens is 355 g/mol. The summed E-state index contributed by atoms with van der Waals surface area (Å²) in [6, 6.07) is 12.3. The quantitative estimate of drug-likeness (QED) is 0.521. The van der Waals surface area contributed by atoms with E-state index in [-0.39, 0.29) is 28.3 Å². The van der Waals surface area contributed by atoms with E-state index in [2.05, 4.69) is 30.8 Å². The summed E-state index contributed by atoms with van der Waals surface area (Å²) in [5, 5.41) is 7.14. The summed E-state index contributed by atoms with van der Waals surface area (Å²) in [5.41, 5.74) is 4.93. The maximum absolute atomic E-state index is 14.2. The van der Waals surface area contributed by atoms with Gasteiger partial charge in [0.15, 0.2) is 5.82 Å². The monoisotopic (exact) mass is 370 g/mol. The maximum Gasteiger partial charge on any atom is 0.248 e. The fraction of sp³-hybridized carbons (Fsp3) is 0.111. The van der Waals surface area contributed by atoms with Crippen molar-refractivity contribution >= 4 is 29.7 Å². The SMILES string of the molecule is CNc1nc(N/N=C/c2ccc(C)cc2)nc(-c2c(F)cccc2Cl)n1. The minimum absolute atomic E-state index is 0.110. The van der Waals surface area contributed by atoms with Crippen LogP contribution in [0.5, 0.6) is 0 Å². The summed E-state index contributed by atoms with van der Waals surface area (Å²) >= 11 is 6.10. The molecule has 0 fully saturated rings. The number of halogens is 2. The largest absolute Gasteiger partial charge is 0.357 e. The van der Waals surface area contributed by atoms with Crippen LogP contribution in [0.3, 0.4) is 0 Å². The fourth-order valence-corrected chi connectivity index (χ4v) is 2.43. The van der Waals surface area contributed by atoms with Crippen molar-refractivity contribution < 1.29 is 4.39 Å². The number of hydrogen-bond acceptors (Lipinski definition) is 6. The van der Waals surface area contributed by atoms with Crippen LogP contribution in [0.1, 0.15) is 11.1 Å². The van der Waals surface area contributed by atoms with Gasteiger partial charge in [-0.15, -0.1) is 0 Å². The summed E-state index contributed by atoms with van der Waals surface area (Å²) in [7, 11) is 1.65. The van der Waals surface area contributed by atoms with E-state index in [9.17, 15) is 4.39 Å². The van der Waals surface area contributed by atoms with Crippen LogP contribution in [-0.4, -0.2) is 28.2 Å². The van der Waals surface area contributed by atoms with Gasteiger partial charge in [0.25, 0.3) is 0 Å². The Morgan fingerprint density at radius 3 is 2.46 bits per heavy atom. The smallest absolute Gasteiger partial charge is 0.248 e. The van der Waals surface area contributed by atoms with Gasteiger partial charge in [-0.1, -0.05) is 47.5 Å². The minimum Gasteiger partial charge on any atom is -0.357 e. The number of aromatic nitrogens is 3. The molecule has 1 heterocycles. The molecular formula is C18H16ClFN6. The normalized spacial score (nSPS) is 10.9. The predicted molar refractivity (Wildman–Crippen MR) is 102 cm³/mol. The number of nitrogens with zero attached hydrogens (tertiary/aromatic N) is 4. The Morgan fingerprint density at radius 2 is 1.77 bits per heavy atom. The second-order valence-corrected chi connectivity index (χ2v) is 5.84. The van der Waals surface area contributed by atoms with Gasteiger partial charge in [0, 0.05) is 7.05 Å². The van der Waals surface area contributed by atoms with Crippen LogP contribution in [0.15, 0.2) is 47.6 Å². The van der Waals surface area contributed by atoms with E-state index in [1.54, 1.807) is 19.3 Å². The molecule has 132 valence electrons. The highest BCUT2D eigenvalue weighted by atomic mass is 35.5. The Balaban J connectivity index is 1.89. The molecule has 2 N–H and O–H groups in total. The van der Waals surface area contributed by atoms with Crippen molar-refractivity contribution in [3.8, 4) is 11.4 Å². The Morgan fingerprint density at radius 1 is 1.04 bits per heavy atom. The van der Waals surface area contributed by atoms with Crippen LogP contribution in [0.4, 0.5) is 16.3 Å². The molecule has 0 aliphatic rings. The van der Waals surface area contributed by atoms with Crippen molar-refractivity contribution in [2.45, 2.75) is 6.92 Å². The molecule has 26 heavy (non-hydrogen) atoms. The number of hydrazone groups is 1. The lowest BCUT2D eigenvalue weighted by Crippen LogP contribution is -2.06. The van der Waals surface area contributed by atoms with Crippen molar-refractivity contribution in [2.75, 3.05) is 17.8 Å². The number of hydrogen-bond donors (Lipinski definition) is 2. The average Bonchev–Trinajstić information content (AvgIpc) is 2.63. The van der Waals surface area contributed by atoms with Crippen molar-refractivity contribution in [1.82, 2.24) is 15.0 Å². The number of aryl methyl sites for hydroxylation is 1. The van der Waals surface area contributed by atoms with Gasteiger partial charge in [0.05, 0.1) is 16.8 Å². The molecule has 6 nitrogen and oxygen atoms in total. The molecule has 3 aromatic rings. The third kappa shape index (κ3) is 4.12. The molecule has 0 saturated carbocycles. The van der Waals surface area contributed by atoms with Gasteiger partial charge >= 0.3 is 0 Å². The molecule has 0 atom stereocenters. The van der Waals surface area contributed by atoms with E-state index in [1.165, 1.54) is 12.1 Å².